The molecule has 0 spiro atoms. The van der Waals surface area contributed by atoms with E-state index in [1.165, 1.54) is 5.56 Å². The Morgan fingerprint density at radius 2 is 1.93 bits per heavy atom. The predicted molar refractivity (Wildman–Crippen MR) is 109 cm³/mol. The van der Waals surface area contributed by atoms with Gasteiger partial charge in [0.1, 0.15) is 11.4 Å². The van der Waals surface area contributed by atoms with Crippen molar-refractivity contribution < 1.29 is 14.6 Å². The number of aromatic amines is 1. The van der Waals surface area contributed by atoms with Gasteiger partial charge in [-0.15, -0.1) is 0 Å². The zero-order valence-electron chi connectivity index (χ0n) is 16.3. The summed E-state index contributed by atoms with van der Waals surface area (Å²) in [6.07, 6.45) is 2.04. The summed E-state index contributed by atoms with van der Waals surface area (Å²) in [5, 5.41) is 17.2. The fourth-order valence-corrected chi connectivity index (χ4v) is 4.33. The summed E-state index contributed by atoms with van der Waals surface area (Å²) < 4.78 is 5.81. The van der Waals surface area contributed by atoms with Gasteiger partial charge in [-0.1, -0.05) is 42.0 Å². The maximum absolute atomic E-state index is 13.3. The molecule has 2 atom stereocenters. The number of aromatic hydroxyl groups is 1. The number of nitrogens with zero attached hydrogens (tertiary/aromatic N) is 2. The van der Waals surface area contributed by atoms with Crippen LogP contribution in [0.4, 0.5) is 0 Å². The minimum atomic E-state index is -0.266. The molecule has 1 saturated heterocycles. The first-order valence-electron chi connectivity index (χ1n) is 9.98. The summed E-state index contributed by atoms with van der Waals surface area (Å²) in [7, 11) is 0. The SMILES string of the molecule is Cc1ccc(-c2n[nH]c3c2C(c2ccc(O)cc2)N(CC2CCCO2)C3=O)cc1. The summed E-state index contributed by atoms with van der Waals surface area (Å²) in [6, 6.07) is 15.0. The van der Waals surface area contributed by atoms with E-state index < -0.39 is 0 Å². The highest BCUT2D eigenvalue weighted by Crippen LogP contribution is 2.43. The number of phenols is 1. The third-order valence-corrected chi connectivity index (χ3v) is 5.82. The largest absolute Gasteiger partial charge is 0.508 e. The fraction of sp³-hybridized carbons (Fsp3) is 0.304. The van der Waals surface area contributed by atoms with Crippen molar-refractivity contribution >= 4 is 5.91 Å². The number of rotatable bonds is 4. The first kappa shape index (κ1) is 17.9. The van der Waals surface area contributed by atoms with Crippen LogP contribution in [-0.4, -0.2) is 45.4 Å². The van der Waals surface area contributed by atoms with Crippen LogP contribution in [0.3, 0.4) is 0 Å². The Balaban J connectivity index is 1.61. The molecule has 0 bridgehead atoms. The summed E-state index contributed by atoms with van der Waals surface area (Å²) in [6.45, 7) is 3.34. The van der Waals surface area contributed by atoms with Crippen LogP contribution in [0, 0.1) is 6.92 Å². The van der Waals surface area contributed by atoms with Gasteiger partial charge in [0.2, 0.25) is 0 Å². The summed E-state index contributed by atoms with van der Waals surface area (Å²) in [5.74, 6) is 0.148. The van der Waals surface area contributed by atoms with Gasteiger partial charge in [-0.2, -0.15) is 5.10 Å². The topological polar surface area (TPSA) is 78.4 Å². The third-order valence-electron chi connectivity index (χ3n) is 5.82. The highest BCUT2D eigenvalue weighted by Gasteiger charge is 2.43. The second kappa shape index (κ2) is 7.04. The molecule has 148 valence electrons. The number of H-pyrrole nitrogens is 1. The number of carbonyl (C=O) groups excluding carboxylic acids is 1. The lowest BCUT2D eigenvalue weighted by Crippen LogP contribution is -2.36. The van der Waals surface area contributed by atoms with Crippen molar-refractivity contribution in [1.29, 1.82) is 0 Å². The fourth-order valence-electron chi connectivity index (χ4n) is 4.33. The second-order valence-corrected chi connectivity index (χ2v) is 7.81. The first-order valence-corrected chi connectivity index (χ1v) is 9.98. The lowest BCUT2D eigenvalue weighted by molar-refractivity contribution is 0.0495. The molecule has 0 aliphatic carbocycles. The number of hydrogen-bond acceptors (Lipinski definition) is 4. The quantitative estimate of drug-likeness (QED) is 0.711. The van der Waals surface area contributed by atoms with Crippen LogP contribution in [0.5, 0.6) is 5.75 Å². The average molecular weight is 389 g/mol. The summed E-state index contributed by atoms with van der Waals surface area (Å²) in [4.78, 5) is 15.2. The molecule has 29 heavy (non-hydrogen) atoms. The Bertz CT molecular complexity index is 1030. The number of hydrogen-bond donors (Lipinski definition) is 2. The van der Waals surface area contributed by atoms with Crippen molar-refractivity contribution in [3.63, 3.8) is 0 Å². The van der Waals surface area contributed by atoms with E-state index in [0.29, 0.717) is 12.2 Å². The van der Waals surface area contributed by atoms with Crippen LogP contribution < -0.4 is 0 Å². The van der Waals surface area contributed by atoms with Crippen LogP contribution in [-0.2, 0) is 4.74 Å². The molecule has 0 saturated carbocycles. The van der Waals surface area contributed by atoms with E-state index in [1.54, 1.807) is 12.1 Å². The number of fused-ring (bicyclic) bond motifs is 1. The van der Waals surface area contributed by atoms with Crippen molar-refractivity contribution in [2.45, 2.75) is 31.9 Å². The number of nitrogens with one attached hydrogen (secondary N) is 1. The van der Waals surface area contributed by atoms with E-state index in [0.717, 1.165) is 41.8 Å². The van der Waals surface area contributed by atoms with E-state index in [4.69, 9.17) is 4.74 Å². The van der Waals surface area contributed by atoms with Gasteiger partial charge < -0.3 is 14.7 Å². The molecule has 3 heterocycles. The molecule has 2 unspecified atom stereocenters. The monoisotopic (exact) mass is 389 g/mol. The van der Waals surface area contributed by atoms with Gasteiger partial charge in [0.15, 0.2) is 0 Å². The van der Waals surface area contributed by atoms with Crippen LogP contribution in [0.25, 0.3) is 11.3 Å². The van der Waals surface area contributed by atoms with Crippen LogP contribution >= 0.6 is 0 Å². The number of amides is 1. The van der Waals surface area contributed by atoms with Crippen LogP contribution in [0.2, 0.25) is 0 Å². The van der Waals surface area contributed by atoms with Gasteiger partial charge in [-0.3, -0.25) is 9.89 Å². The standard InChI is InChI=1S/C23H23N3O3/c1-14-4-6-15(7-5-14)20-19-21(25-24-20)23(28)26(13-18-3-2-12-29-18)22(19)16-8-10-17(27)11-9-16/h4-11,18,22,27H,2-3,12-13H2,1H3,(H,24,25). The van der Waals surface area contributed by atoms with Gasteiger partial charge >= 0.3 is 0 Å². The van der Waals surface area contributed by atoms with Crippen LogP contribution in [0.15, 0.2) is 48.5 Å². The van der Waals surface area contributed by atoms with Crippen LogP contribution in [0.1, 0.15) is 46.1 Å². The molecule has 2 aliphatic heterocycles. The predicted octanol–water partition coefficient (Wildman–Crippen LogP) is 3.81. The van der Waals surface area contributed by atoms with E-state index >= 15 is 0 Å². The number of ether oxygens (including phenoxy) is 1. The molecule has 6 heteroatoms. The van der Waals surface area contributed by atoms with Gasteiger partial charge in [0.05, 0.1) is 17.8 Å². The van der Waals surface area contributed by atoms with Crippen molar-refractivity contribution in [3.05, 3.63) is 70.9 Å². The molecule has 2 N–H and O–H groups in total. The minimum absolute atomic E-state index is 0.0540. The maximum atomic E-state index is 13.3. The highest BCUT2D eigenvalue weighted by molar-refractivity contribution is 6.00. The van der Waals surface area contributed by atoms with E-state index in [-0.39, 0.29) is 23.8 Å². The Morgan fingerprint density at radius 1 is 1.17 bits per heavy atom. The zero-order valence-corrected chi connectivity index (χ0v) is 16.3. The number of benzene rings is 2. The van der Waals surface area contributed by atoms with Gasteiger partial charge in [-0.25, -0.2) is 0 Å². The molecular weight excluding hydrogens is 366 g/mol. The van der Waals surface area contributed by atoms with E-state index in [1.807, 2.05) is 48.2 Å². The maximum Gasteiger partial charge on any atom is 0.273 e. The number of aromatic nitrogens is 2. The first-order chi connectivity index (χ1) is 14.1. The minimum Gasteiger partial charge on any atom is -0.508 e. The summed E-state index contributed by atoms with van der Waals surface area (Å²) in [5.41, 5.74) is 5.32. The smallest absolute Gasteiger partial charge is 0.273 e. The molecule has 5 rings (SSSR count). The van der Waals surface area contributed by atoms with Crippen molar-refractivity contribution in [2.75, 3.05) is 13.2 Å². The molecule has 1 fully saturated rings. The molecule has 1 aromatic heterocycles. The van der Waals surface area contributed by atoms with Crippen molar-refractivity contribution in [2.24, 2.45) is 0 Å². The zero-order chi connectivity index (χ0) is 20.0. The van der Waals surface area contributed by atoms with Gasteiger partial charge in [0, 0.05) is 24.3 Å². The Labute approximate surface area is 169 Å². The number of phenolic OH excluding ortho intramolecular Hbond substituents is 1. The normalized spacial score (nSPS) is 21.0. The average Bonchev–Trinajstić information content (AvgIpc) is 3.44. The van der Waals surface area contributed by atoms with Gasteiger partial charge in [0.25, 0.3) is 5.91 Å². The number of aryl methyl sites for hydroxylation is 1. The molecule has 1 amide bonds. The lowest BCUT2D eigenvalue weighted by Gasteiger charge is -2.28. The Kier molecular flexibility index (Phi) is 4.36. The molecular formula is C23H23N3O3. The molecule has 2 aromatic carbocycles. The lowest BCUT2D eigenvalue weighted by atomic mass is 9.95. The molecule has 3 aromatic rings. The second-order valence-electron chi connectivity index (χ2n) is 7.81. The molecule has 6 nitrogen and oxygen atoms in total. The van der Waals surface area contributed by atoms with Crippen molar-refractivity contribution in [3.8, 4) is 17.0 Å². The number of carbonyl (C=O) groups is 1. The van der Waals surface area contributed by atoms with E-state index in [2.05, 4.69) is 10.2 Å². The third kappa shape index (κ3) is 3.09. The molecule has 0 radical (unpaired) electrons. The molecule has 2 aliphatic rings. The highest BCUT2D eigenvalue weighted by atomic mass is 16.5. The Morgan fingerprint density at radius 3 is 2.62 bits per heavy atom. The summed E-state index contributed by atoms with van der Waals surface area (Å²) >= 11 is 0. The van der Waals surface area contributed by atoms with Crippen molar-refractivity contribution in [1.82, 2.24) is 15.1 Å². The van der Waals surface area contributed by atoms with E-state index in [9.17, 15) is 9.90 Å². The van der Waals surface area contributed by atoms with Gasteiger partial charge in [-0.05, 0) is 37.5 Å². The Hall–Kier alpha value is -3.12.